The number of hydrogen-bond donors (Lipinski definition) is 3. The number of amides is 1. The molecule has 0 spiro atoms. The molecule has 0 aliphatic heterocycles. The fourth-order valence-electron chi connectivity index (χ4n) is 3.66. The molecule has 5 nitrogen and oxygen atoms in total. The van der Waals surface area contributed by atoms with E-state index in [1.807, 2.05) is 30.3 Å². The van der Waals surface area contributed by atoms with Crippen molar-refractivity contribution in [3.05, 3.63) is 64.8 Å². The summed E-state index contributed by atoms with van der Waals surface area (Å²) in [6.45, 7) is 2.57. The van der Waals surface area contributed by atoms with Gasteiger partial charge in [0.15, 0.2) is 0 Å². The Morgan fingerprint density at radius 3 is 2.65 bits per heavy atom. The molecule has 1 atom stereocenters. The summed E-state index contributed by atoms with van der Waals surface area (Å²) in [5, 5.41) is 8.19. The Kier molecular flexibility index (Phi) is 8.53. The van der Waals surface area contributed by atoms with Gasteiger partial charge in [-0.25, -0.2) is 0 Å². The van der Waals surface area contributed by atoms with Crippen LogP contribution >= 0.6 is 11.6 Å². The quantitative estimate of drug-likeness (QED) is 0.230. The molecular weight excluding hydrogens is 410 g/mol. The predicted octanol–water partition coefficient (Wildman–Crippen LogP) is 6.26. The lowest BCUT2D eigenvalue weighted by atomic mass is 10.0. The molecule has 3 rings (SSSR count). The summed E-state index contributed by atoms with van der Waals surface area (Å²) < 4.78 is 0. The Bertz CT molecular complexity index is 998. The van der Waals surface area contributed by atoms with Crippen LogP contribution in [0.2, 0.25) is 5.02 Å². The van der Waals surface area contributed by atoms with Gasteiger partial charge in [-0.05, 0) is 55.0 Å². The van der Waals surface area contributed by atoms with Gasteiger partial charge in [0.05, 0.1) is 6.04 Å². The Balaban J connectivity index is 1.72. The van der Waals surface area contributed by atoms with Crippen molar-refractivity contribution in [2.24, 2.45) is 0 Å². The lowest BCUT2D eigenvalue weighted by Crippen LogP contribution is -2.24. The molecule has 0 bridgehead atoms. The van der Waals surface area contributed by atoms with E-state index < -0.39 is 0 Å². The highest BCUT2D eigenvalue weighted by atomic mass is 35.5. The van der Waals surface area contributed by atoms with Crippen molar-refractivity contribution in [1.82, 2.24) is 10.3 Å². The SMILES string of the molecule is CCCCCCC(Nc1ccc(C(=O)NCCC=O)cc1)c1cc2cc(Cl)ccc2[nH]1. The maximum atomic E-state index is 12.1. The molecule has 0 aliphatic carbocycles. The van der Waals surface area contributed by atoms with Crippen molar-refractivity contribution in [2.45, 2.75) is 51.5 Å². The lowest BCUT2D eigenvalue weighted by molar-refractivity contribution is -0.107. The number of hydrogen-bond acceptors (Lipinski definition) is 3. The van der Waals surface area contributed by atoms with Crippen LogP contribution in [0.3, 0.4) is 0 Å². The van der Waals surface area contributed by atoms with Crippen LogP contribution in [0.5, 0.6) is 0 Å². The number of aromatic amines is 1. The van der Waals surface area contributed by atoms with Gasteiger partial charge in [-0.3, -0.25) is 4.79 Å². The molecular formula is C25H30ClN3O2. The number of halogens is 1. The number of carbonyl (C=O) groups is 2. The molecule has 0 aliphatic rings. The van der Waals surface area contributed by atoms with Gasteiger partial charge >= 0.3 is 0 Å². The third-order valence-corrected chi connectivity index (χ3v) is 5.60. The summed E-state index contributed by atoms with van der Waals surface area (Å²) in [5.41, 5.74) is 3.74. The Hall–Kier alpha value is -2.79. The van der Waals surface area contributed by atoms with Crippen molar-refractivity contribution in [3.63, 3.8) is 0 Å². The van der Waals surface area contributed by atoms with Gasteiger partial charge in [0.1, 0.15) is 6.29 Å². The molecule has 1 heterocycles. The number of aromatic nitrogens is 1. The van der Waals surface area contributed by atoms with E-state index in [1.54, 1.807) is 12.1 Å². The zero-order valence-corrected chi connectivity index (χ0v) is 18.7. The van der Waals surface area contributed by atoms with Gasteiger partial charge in [0.25, 0.3) is 5.91 Å². The van der Waals surface area contributed by atoms with Crippen LogP contribution in [0.1, 0.15) is 67.5 Å². The first kappa shape index (κ1) is 22.9. The fourth-order valence-corrected chi connectivity index (χ4v) is 3.84. The number of rotatable bonds is 12. The van der Waals surface area contributed by atoms with Crippen LogP contribution in [-0.4, -0.2) is 23.7 Å². The van der Waals surface area contributed by atoms with Crippen LogP contribution in [0, 0.1) is 0 Å². The Morgan fingerprint density at radius 1 is 1.10 bits per heavy atom. The van der Waals surface area contributed by atoms with Crippen molar-refractivity contribution in [1.29, 1.82) is 0 Å². The normalized spacial score (nSPS) is 11.9. The Labute approximate surface area is 188 Å². The maximum Gasteiger partial charge on any atom is 0.251 e. The van der Waals surface area contributed by atoms with Crippen molar-refractivity contribution < 1.29 is 9.59 Å². The number of fused-ring (bicyclic) bond motifs is 1. The van der Waals surface area contributed by atoms with Crippen molar-refractivity contribution in [2.75, 3.05) is 11.9 Å². The largest absolute Gasteiger partial charge is 0.377 e. The first-order valence-corrected chi connectivity index (χ1v) is 11.3. The topological polar surface area (TPSA) is 74.0 Å². The number of anilines is 1. The smallest absolute Gasteiger partial charge is 0.251 e. The molecule has 6 heteroatoms. The van der Waals surface area contributed by atoms with Gasteiger partial charge < -0.3 is 20.4 Å². The molecule has 3 aromatic rings. The zero-order chi connectivity index (χ0) is 22.1. The van der Waals surface area contributed by atoms with E-state index >= 15 is 0 Å². The van der Waals surface area contributed by atoms with Crippen LogP contribution in [-0.2, 0) is 4.79 Å². The van der Waals surface area contributed by atoms with Gasteiger partial charge in [0, 0.05) is 45.8 Å². The maximum absolute atomic E-state index is 12.1. The van der Waals surface area contributed by atoms with E-state index in [2.05, 4.69) is 28.6 Å². The van der Waals surface area contributed by atoms with Crippen LogP contribution in [0.15, 0.2) is 48.5 Å². The van der Waals surface area contributed by atoms with Crippen molar-refractivity contribution in [3.8, 4) is 0 Å². The van der Waals surface area contributed by atoms with Crippen LogP contribution < -0.4 is 10.6 Å². The summed E-state index contributed by atoms with van der Waals surface area (Å²) >= 11 is 6.16. The van der Waals surface area contributed by atoms with E-state index in [9.17, 15) is 9.59 Å². The standard InChI is InChI=1S/C25H30ClN3O2/c1-2-3-4-5-7-23(24-17-19-16-20(26)10-13-22(19)29-24)28-21-11-8-18(9-12-21)25(31)27-14-6-15-30/h8-13,15-17,23,28-29H,2-7,14H2,1H3,(H,27,31). The average molecular weight is 440 g/mol. The molecule has 164 valence electrons. The highest BCUT2D eigenvalue weighted by molar-refractivity contribution is 6.31. The summed E-state index contributed by atoms with van der Waals surface area (Å²) in [6, 6.07) is 15.6. The summed E-state index contributed by atoms with van der Waals surface area (Å²) in [5.74, 6) is -0.169. The second-order valence-corrected chi connectivity index (χ2v) is 8.23. The summed E-state index contributed by atoms with van der Waals surface area (Å²) in [4.78, 5) is 26.1. The van der Waals surface area contributed by atoms with Crippen molar-refractivity contribution >= 4 is 40.4 Å². The molecule has 0 fully saturated rings. The minimum atomic E-state index is -0.169. The fraction of sp³-hybridized carbons (Fsp3) is 0.360. The number of aldehydes is 1. The lowest BCUT2D eigenvalue weighted by Gasteiger charge is -2.19. The second-order valence-electron chi connectivity index (χ2n) is 7.79. The molecule has 31 heavy (non-hydrogen) atoms. The Morgan fingerprint density at radius 2 is 1.90 bits per heavy atom. The number of nitrogens with one attached hydrogen (secondary N) is 3. The van der Waals surface area contributed by atoms with E-state index in [1.165, 1.54) is 19.3 Å². The average Bonchev–Trinajstić information content (AvgIpc) is 3.19. The van der Waals surface area contributed by atoms with Gasteiger partial charge in [-0.1, -0.05) is 44.2 Å². The van der Waals surface area contributed by atoms with Gasteiger partial charge in [-0.15, -0.1) is 0 Å². The van der Waals surface area contributed by atoms with E-state index in [0.29, 0.717) is 18.5 Å². The minimum absolute atomic E-state index is 0.135. The van der Waals surface area contributed by atoms with E-state index in [0.717, 1.165) is 46.4 Å². The molecule has 1 amide bonds. The van der Waals surface area contributed by atoms with E-state index in [4.69, 9.17) is 11.6 Å². The molecule has 0 saturated heterocycles. The first-order valence-electron chi connectivity index (χ1n) is 11.0. The van der Waals surface area contributed by atoms with Gasteiger partial charge in [-0.2, -0.15) is 0 Å². The monoisotopic (exact) mass is 439 g/mol. The molecule has 0 saturated carbocycles. The van der Waals surface area contributed by atoms with Crippen LogP contribution in [0.25, 0.3) is 10.9 Å². The predicted molar refractivity (Wildman–Crippen MR) is 128 cm³/mol. The third-order valence-electron chi connectivity index (χ3n) is 5.36. The summed E-state index contributed by atoms with van der Waals surface area (Å²) in [7, 11) is 0. The number of carbonyl (C=O) groups excluding carboxylic acids is 2. The number of H-pyrrole nitrogens is 1. The minimum Gasteiger partial charge on any atom is -0.377 e. The molecule has 1 aromatic heterocycles. The zero-order valence-electron chi connectivity index (χ0n) is 17.9. The molecule has 1 unspecified atom stereocenters. The molecule has 0 radical (unpaired) electrons. The second kappa shape index (κ2) is 11.6. The van der Waals surface area contributed by atoms with E-state index in [-0.39, 0.29) is 11.9 Å². The highest BCUT2D eigenvalue weighted by Crippen LogP contribution is 2.29. The summed E-state index contributed by atoms with van der Waals surface area (Å²) in [6.07, 6.45) is 6.92. The van der Waals surface area contributed by atoms with Crippen LogP contribution in [0.4, 0.5) is 5.69 Å². The molecule has 2 aromatic carbocycles. The third kappa shape index (κ3) is 6.59. The number of unbranched alkanes of at least 4 members (excludes halogenated alkanes) is 3. The number of benzene rings is 2. The highest BCUT2D eigenvalue weighted by Gasteiger charge is 2.15. The first-order chi connectivity index (χ1) is 15.1. The molecule has 3 N–H and O–H groups in total. The van der Waals surface area contributed by atoms with Gasteiger partial charge in [0.2, 0.25) is 0 Å².